The first-order chi connectivity index (χ1) is 13.0. The Hall–Kier alpha value is -3.94. The van der Waals surface area contributed by atoms with Crippen molar-refractivity contribution in [1.29, 1.82) is 0 Å². The smallest absolute Gasteiger partial charge is 0.408 e. The van der Waals surface area contributed by atoms with Crippen molar-refractivity contribution in [3.05, 3.63) is 81.3 Å². The highest BCUT2D eigenvalue weighted by molar-refractivity contribution is 6.02. The molecule has 0 atom stereocenters. The van der Waals surface area contributed by atoms with Crippen LogP contribution in [0.25, 0.3) is 21.9 Å². The van der Waals surface area contributed by atoms with Crippen LogP contribution in [-0.4, -0.2) is 15.4 Å². The highest BCUT2D eigenvalue weighted by Gasteiger charge is 2.16. The van der Waals surface area contributed by atoms with Crippen LogP contribution in [0, 0.1) is 10.1 Å². The maximum atomic E-state index is 12.5. The van der Waals surface area contributed by atoms with E-state index in [2.05, 4.69) is 5.32 Å². The molecule has 8 nitrogen and oxygen atoms in total. The molecule has 1 aromatic heterocycles. The monoisotopic (exact) mass is 363 g/mol. The van der Waals surface area contributed by atoms with Gasteiger partial charge in [0.05, 0.1) is 10.4 Å². The summed E-state index contributed by atoms with van der Waals surface area (Å²) in [5.41, 5.74) is 0.808. The second kappa shape index (κ2) is 6.41. The van der Waals surface area contributed by atoms with Crippen molar-refractivity contribution < 1.29 is 14.1 Å². The van der Waals surface area contributed by atoms with Gasteiger partial charge < -0.3 is 9.73 Å². The molecule has 0 bridgehead atoms. The molecular weight excluding hydrogens is 350 g/mol. The fourth-order valence-electron chi connectivity index (χ4n) is 2.98. The summed E-state index contributed by atoms with van der Waals surface area (Å²) in [4.78, 5) is 34.9. The van der Waals surface area contributed by atoms with Gasteiger partial charge in [-0.3, -0.25) is 19.5 Å². The molecule has 0 spiro atoms. The van der Waals surface area contributed by atoms with E-state index < -0.39 is 16.6 Å². The number of nitrogens with zero attached hydrogens (tertiary/aromatic N) is 2. The van der Waals surface area contributed by atoms with Gasteiger partial charge in [0.15, 0.2) is 5.58 Å². The Bertz CT molecular complexity index is 1250. The van der Waals surface area contributed by atoms with Crippen LogP contribution in [0.15, 0.2) is 69.9 Å². The molecule has 0 saturated heterocycles. The van der Waals surface area contributed by atoms with Crippen LogP contribution in [-0.2, 0) is 11.3 Å². The summed E-state index contributed by atoms with van der Waals surface area (Å²) in [5.74, 6) is -1.19. The number of hydrogen-bond donors (Lipinski definition) is 1. The molecular formula is C19H13N3O5. The lowest BCUT2D eigenvalue weighted by Crippen LogP contribution is -2.24. The number of aromatic nitrogens is 1. The zero-order valence-electron chi connectivity index (χ0n) is 13.9. The minimum atomic E-state index is -0.751. The Morgan fingerprint density at radius 3 is 2.70 bits per heavy atom. The Morgan fingerprint density at radius 1 is 1.11 bits per heavy atom. The van der Waals surface area contributed by atoms with Crippen molar-refractivity contribution in [3.8, 4) is 0 Å². The lowest BCUT2D eigenvalue weighted by molar-refractivity contribution is -0.384. The van der Waals surface area contributed by atoms with Gasteiger partial charge in [-0.25, -0.2) is 4.79 Å². The van der Waals surface area contributed by atoms with Crippen molar-refractivity contribution in [2.45, 2.75) is 6.54 Å². The number of carbonyl (C=O) groups is 1. The van der Waals surface area contributed by atoms with E-state index >= 15 is 0 Å². The number of oxazole rings is 1. The molecule has 3 aromatic carbocycles. The topological polar surface area (TPSA) is 107 Å². The van der Waals surface area contributed by atoms with E-state index in [9.17, 15) is 19.7 Å². The van der Waals surface area contributed by atoms with Gasteiger partial charge in [-0.2, -0.15) is 0 Å². The van der Waals surface area contributed by atoms with Crippen molar-refractivity contribution in [1.82, 2.24) is 4.57 Å². The molecule has 4 aromatic rings. The van der Waals surface area contributed by atoms with Crippen molar-refractivity contribution in [2.75, 3.05) is 5.32 Å². The van der Waals surface area contributed by atoms with E-state index in [1.807, 2.05) is 36.4 Å². The number of anilines is 1. The summed E-state index contributed by atoms with van der Waals surface area (Å²) in [6, 6.07) is 16.9. The number of fused-ring (bicyclic) bond motifs is 2. The third kappa shape index (κ3) is 3.04. The molecule has 0 fully saturated rings. The summed E-state index contributed by atoms with van der Waals surface area (Å²) in [5, 5.41) is 15.6. The second-order valence-corrected chi connectivity index (χ2v) is 5.94. The predicted octanol–water partition coefficient (Wildman–Crippen LogP) is 3.29. The van der Waals surface area contributed by atoms with E-state index in [1.165, 1.54) is 18.2 Å². The third-order valence-electron chi connectivity index (χ3n) is 4.23. The molecule has 0 unspecified atom stereocenters. The first-order valence-corrected chi connectivity index (χ1v) is 8.08. The summed E-state index contributed by atoms with van der Waals surface area (Å²) >= 11 is 0. The Morgan fingerprint density at radius 2 is 1.89 bits per heavy atom. The number of hydrogen-bond acceptors (Lipinski definition) is 5. The summed E-state index contributed by atoms with van der Waals surface area (Å²) in [6.07, 6.45) is 0. The standard InChI is InChI=1S/C19H13N3O5/c23-18(20-15-7-3-5-12-4-1-2-6-14(12)15)11-21-16-10-13(22(25)26)8-9-17(16)27-19(21)24/h1-10H,11H2,(H,20,23). The fourth-order valence-corrected chi connectivity index (χ4v) is 2.98. The summed E-state index contributed by atoms with van der Waals surface area (Å²) < 4.78 is 6.13. The van der Waals surface area contributed by atoms with Gasteiger partial charge in [0.25, 0.3) is 5.69 Å². The summed E-state index contributed by atoms with van der Waals surface area (Å²) in [7, 11) is 0. The third-order valence-corrected chi connectivity index (χ3v) is 4.23. The lowest BCUT2D eigenvalue weighted by Gasteiger charge is -2.09. The molecule has 1 N–H and O–H groups in total. The predicted molar refractivity (Wildman–Crippen MR) is 99.7 cm³/mol. The molecule has 0 radical (unpaired) electrons. The molecule has 4 rings (SSSR count). The fraction of sp³-hybridized carbons (Fsp3) is 0.0526. The van der Waals surface area contributed by atoms with Crippen molar-refractivity contribution in [3.63, 3.8) is 0 Å². The quantitative estimate of drug-likeness (QED) is 0.442. The number of nitro benzene ring substituents is 1. The molecule has 134 valence electrons. The van der Waals surface area contributed by atoms with Crippen molar-refractivity contribution >= 4 is 39.2 Å². The van der Waals surface area contributed by atoms with E-state index in [-0.39, 0.29) is 23.3 Å². The average Bonchev–Trinajstić information content (AvgIpc) is 2.96. The van der Waals surface area contributed by atoms with Crippen LogP contribution >= 0.6 is 0 Å². The Labute approximate surface area is 151 Å². The van der Waals surface area contributed by atoms with Crippen LogP contribution in [0.4, 0.5) is 11.4 Å². The van der Waals surface area contributed by atoms with Crippen LogP contribution in [0.5, 0.6) is 0 Å². The molecule has 0 aliphatic heterocycles. The lowest BCUT2D eigenvalue weighted by atomic mass is 10.1. The van der Waals surface area contributed by atoms with Crippen molar-refractivity contribution in [2.24, 2.45) is 0 Å². The van der Waals surface area contributed by atoms with E-state index in [0.29, 0.717) is 5.69 Å². The van der Waals surface area contributed by atoms with Crippen LogP contribution in [0.3, 0.4) is 0 Å². The zero-order valence-corrected chi connectivity index (χ0v) is 13.9. The number of nitrogens with one attached hydrogen (secondary N) is 1. The van der Waals surface area contributed by atoms with E-state index in [4.69, 9.17) is 4.42 Å². The van der Waals surface area contributed by atoms with Gasteiger partial charge in [-0.1, -0.05) is 36.4 Å². The number of benzene rings is 3. The zero-order chi connectivity index (χ0) is 19.0. The number of amides is 1. The van der Waals surface area contributed by atoms with Crippen LogP contribution in [0.2, 0.25) is 0 Å². The minimum Gasteiger partial charge on any atom is -0.408 e. The first kappa shape index (κ1) is 16.5. The second-order valence-electron chi connectivity index (χ2n) is 5.94. The van der Waals surface area contributed by atoms with Crippen LogP contribution in [0.1, 0.15) is 0 Å². The van der Waals surface area contributed by atoms with E-state index in [0.717, 1.165) is 15.3 Å². The van der Waals surface area contributed by atoms with Gasteiger partial charge in [0.2, 0.25) is 5.91 Å². The van der Waals surface area contributed by atoms with Gasteiger partial charge in [0, 0.05) is 23.2 Å². The molecule has 1 heterocycles. The van der Waals surface area contributed by atoms with Gasteiger partial charge in [-0.15, -0.1) is 0 Å². The molecule has 8 heteroatoms. The maximum Gasteiger partial charge on any atom is 0.420 e. The number of nitro groups is 1. The van der Waals surface area contributed by atoms with Gasteiger partial charge in [-0.05, 0) is 17.5 Å². The summed E-state index contributed by atoms with van der Waals surface area (Å²) in [6.45, 7) is -0.323. The van der Waals surface area contributed by atoms with Gasteiger partial charge in [0.1, 0.15) is 6.54 Å². The first-order valence-electron chi connectivity index (χ1n) is 8.08. The highest BCUT2D eigenvalue weighted by atomic mass is 16.6. The van der Waals surface area contributed by atoms with Gasteiger partial charge >= 0.3 is 5.76 Å². The number of carbonyl (C=O) groups excluding carboxylic acids is 1. The average molecular weight is 363 g/mol. The van der Waals surface area contributed by atoms with E-state index in [1.54, 1.807) is 6.07 Å². The highest BCUT2D eigenvalue weighted by Crippen LogP contribution is 2.23. The SMILES string of the molecule is O=C(Cn1c(=O)oc2ccc([N+](=O)[O-])cc21)Nc1cccc2ccccc12. The minimum absolute atomic E-state index is 0.184. The molecule has 1 amide bonds. The van der Waals surface area contributed by atoms with Crippen LogP contribution < -0.4 is 11.1 Å². The number of rotatable bonds is 4. The molecule has 27 heavy (non-hydrogen) atoms. The maximum absolute atomic E-state index is 12.5. The molecule has 0 aliphatic carbocycles. The Kier molecular flexibility index (Phi) is 3.92. The molecule has 0 aliphatic rings. The Balaban J connectivity index is 1.66. The number of non-ortho nitro benzene ring substituents is 1. The largest absolute Gasteiger partial charge is 0.420 e. The molecule has 0 saturated carbocycles. The normalized spacial score (nSPS) is 11.0.